The largest absolute Gasteiger partial charge is 0.486 e. The molecule has 0 bridgehead atoms. The Kier molecular flexibility index (Phi) is 5.01. The highest BCUT2D eigenvalue weighted by molar-refractivity contribution is 9.09. The van der Waals surface area contributed by atoms with Crippen LogP contribution in [0.25, 0.3) is 0 Å². The second-order valence-electron chi connectivity index (χ2n) is 11.0. The predicted octanol–water partition coefficient (Wildman–Crippen LogP) is 5.24. The van der Waals surface area contributed by atoms with Crippen LogP contribution in [-0.4, -0.2) is 34.8 Å². The van der Waals surface area contributed by atoms with Crippen molar-refractivity contribution < 1.29 is 19.1 Å². The number of ether oxygens (including phenoxy) is 2. The number of carbonyl (C=O) groups excluding carboxylic acids is 2. The number of alkyl halides is 2. The molecular weight excluding hydrogens is 494 g/mol. The maximum atomic E-state index is 12.7. The van der Waals surface area contributed by atoms with Crippen LogP contribution < -0.4 is 10.1 Å². The molecule has 174 valence electrons. The first-order valence-corrected chi connectivity index (χ1v) is 12.9. The number of amides is 1. The molecular formula is C25H31BrClNO4. The molecule has 1 aromatic rings. The van der Waals surface area contributed by atoms with E-state index in [2.05, 4.69) is 48.9 Å². The van der Waals surface area contributed by atoms with Crippen LogP contribution in [0.1, 0.15) is 78.8 Å². The minimum absolute atomic E-state index is 0.0488. The summed E-state index contributed by atoms with van der Waals surface area (Å²) in [5.41, 5.74) is 1.89. The van der Waals surface area contributed by atoms with Crippen molar-refractivity contribution in [3.8, 4) is 5.75 Å². The van der Waals surface area contributed by atoms with E-state index in [-0.39, 0.29) is 26.9 Å². The third kappa shape index (κ3) is 2.68. The molecule has 1 spiro atoms. The summed E-state index contributed by atoms with van der Waals surface area (Å²) >= 11 is 10.9. The second-order valence-corrected chi connectivity index (χ2v) is 12.5. The summed E-state index contributed by atoms with van der Waals surface area (Å²) in [5.74, 6) is 0.807. The Balaban J connectivity index is 1.74. The molecule has 7 heteroatoms. The molecule has 5 nitrogen and oxygen atoms in total. The Morgan fingerprint density at radius 2 is 2.03 bits per heavy atom. The van der Waals surface area contributed by atoms with E-state index in [0.29, 0.717) is 29.5 Å². The number of nitrogens with one attached hydrogen (secondary N) is 1. The molecule has 1 aromatic carbocycles. The monoisotopic (exact) mass is 523 g/mol. The number of rotatable bonds is 1. The predicted molar refractivity (Wildman–Crippen MR) is 127 cm³/mol. The van der Waals surface area contributed by atoms with Gasteiger partial charge in [-0.2, -0.15) is 0 Å². The van der Waals surface area contributed by atoms with Crippen LogP contribution in [0.5, 0.6) is 5.75 Å². The Morgan fingerprint density at radius 1 is 1.31 bits per heavy atom. The highest BCUT2D eigenvalue weighted by Gasteiger charge is 2.69. The van der Waals surface area contributed by atoms with Gasteiger partial charge in [-0.15, -0.1) is 11.6 Å². The summed E-state index contributed by atoms with van der Waals surface area (Å²) in [4.78, 5) is 25.4. The number of hydrogen-bond acceptors (Lipinski definition) is 4. The molecule has 5 rings (SSSR count). The molecule has 6 atom stereocenters. The molecule has 4 aliphatic rings. The van der Waals surface area contributed by atoms with Crippen LogP contribution in [0, 0.1) is 22.7 Å². The average molecular weight is 525 g/mol. The molecule has 0 saturated heterocycles. The van der Waals surface area contributed by atoms with Gasteiger partial charge in [0.15, 0.2) is 0 Å². The van der Waals surface area contributed by atoms with Crippen molar-refractivity contribution in [2.24, 2.45) is 22.7 Å². The van der Waals surface area contributed by atoms with Crippen molar-refractivity contribution in [1.29, 1.82) is 0 Å². The highest BCUT2D eigenvalue weighted by atomic mass is 79.9. The van der Waals surface area contributed by atoms with Crippen molar-refractivity contribution in [1.82, 2.24) is 5.32 Å². The normalized spacial score (nSPS) is 39.0. The van der Waals surface area contributed by atoms with Crippen molar-refractivity contribution >= 4 is 39.4 Å². The zero-order valence-corrected chi connectivity index (χ0v) is 21.7. The minimum atomic E-state index is -0.483. The molecule has 2 aliphatic carbocycles. The SMILES string of the molecule is COC(=O)c1cc2c(c3c1C(=O)NC3)O[C@@]13CC(Cl)C(Br)C(C)(C)[C@@H]1CC[C@H](C)[C@@]3(C)C2. The highest BCUT2D eigenvalue weighted by Crippen LogP contribution is 2.67. The summed E-state index contributed by atoms with van der Waals surface area (Å²) in [6.07, 6.45) is 3.77. The molecule has 1 N–H and O–H groups in total. The lowest BCUT2D eigenvalue weighted by Gasteiger charge is -2.67. The summed E-state index contributed by atoms with van der Waals surface area (Å²) in [6, 6.07) is 1.83. The van der Waals surface area contributed by atoms with Crippen LogP contribution in [0.15, 0.2) is 6.07 Å². The van der Waals surface area contributed by atoms with Crippen LogP contribution in [0.4, 0.5) is 0 Å². The molecule has 1 amide bonds. The fourth-order valence-corrected chi connectivity index (χ4v) is 8.37. The zero-order valence-electron chi connectivity index (χ0n) is 19.3. The van der Waals surface area contributed by atoms with E-state index < -0.39 is 11.6 Å². The quantitative estimate of drug-likeness (QED) is 0.403. The van der Waals surface area contributed by atoms with Gasteiger partial charge in [0.05, 0.1) is 23.6 Å². The lowest BCUT2D eigenvalue weighted by atomic mass is 9.44. The van der Waals surface area contributed by atoms with Gasteiger partial charge in [0.2, 0.25) is 0 Å². The molecule has 2 aliphatic heterocycles. The van der Waals surface area contributed by atoms with Crippen molar-refractivity contribution in [2.75, 3.05) is 7.11 Å². The number of carbonyl (C=O) groups is 2. The molecule has 2 fully saturated rings. The molecule has 2 saturated carbocycles. The summed E-state index contributed by atoms with van der Waals surface area (Å²) in [7, 11) is 1.35. The van der Waals surface area contributed by atoms with Gasteiger partial charge in [-0.3, -0.25) is 4.79 Å². The zero-order chi connectivity index (χ0) is 23.2. The van der Waals surface area contributed by atoms with Gasteiger partial charge in [-0.05, 0) is 42.2 Å². The number of esters is 1. The molecule has 2 heterocycles. The van der Waals surface area contributed by atoms with Gasteiger partial charge in [0, 0.05) is 34.7 Å². The van der Waals surface area contributed by atoms with Crippen LogP contribution in [0.2, 0.25) is 0 Å². The first-order chi connectivity index (χ1) is 15.0. The van der Waals surface area contributed by atoms with Crippen LogP contribution in [0.3, 0.4) is 0 Å². The van der Waals surface area contributed by atoms with Gasteiger partial charge >= 0.3 is 5.97 Å². The first kappa shape index (κ1) is 22.5. The molecule has 32 heavy (non-hydrogen) atoms. The smallest absolute Gasteiger partial charge is 0.338 e. The van der Waals surface area contributed by atoms with Crippen molar-refractivity contribution in [2.45, 2.75) is 75.7 Å². The molecule has 2 unspecified atom stereocenters. The Bertz CT molecular complexity index is 1030. The summed E-state index contributed by atoms with van der Waals surface area (Å²) in [5, 5.41) is 2.83. The summed E-state index contributed by atoms with van der Waals surface area (Å²) in [6.45, 7) is 9.64. The van der Waals surface area contributed by atoms with Crippen molar-refractivity contribution in [3.05, 3.63) is 28.3 Å². The number of fused-ring (bicyclic) bond motifs is 3. The van der Waals surface area contributed by atoms with E-state index in [4.69, 9.17) is 21.1 Å². The molecule has 0 radical (unpaired) electrons. The van der Waals surface area contributed by atoms with Gasteiger partial charge < -0.3 is 14.8 Å². The number of hydrogen-bond donors (Lipinski definition) is 1. The number of methoxy groups -OCH3 is 1. The van der Waals surface area contributed by atoms with Gasteiger partial charge in [0.25, 0.3) is 5.91 Å². The van der Waals surface area contributed by atoms with Gasteiger partial charge in [-0.1, -0.05) is 43.6 Å². The topological polar surface area (TPSA) is 64.6 Å². The first-order valence-electron chi connectivity index (χ1n) is 11.5. The lowest BCUT2D eigenvalue weighted by molar-refractivity contribution is -0.207. The van der Waals surface area contributed by atoms with E-state index in [0.717, 1.165) is 42.6 Å². The van der Waals surface area contributed by atoms with Crippen LogP contribution in [-0.2, 0) is 17.7 Å². The standard InChI is InChI=1S/C25H31BrClNO4/c1-12-6-7-17-23(2,3)20(26)16(27)10-25(17)24(12,4)9-13-8-14(22(30)31-5)18-15(19(13)32-25)11-28-21(18)29/h8,12,16-17,20H,6-7,9-11H2,1-5H3,(H,28,29)/t12-,16?,17-,20?,24+,25-/m0/s1. The Hall–Kier alpha value is -1.27. The lowest BCUT2D eigenvalue weighted by Crippen LogP contribution is -2.71. The van der Waals surface area contributed by atoms with E-state index in [1.54, 1.807) is 0 Å². The second kappa shape index (κ2) is 7.11. The third-order valence-electron chi connectivity index (χ3n) is 9.29. The van der Waals surface area contributed by atoms with E-state index >= 15 is 0 Å². The average Bonchev–Trinajstić information content (AvgIpc) is 3.13. The molecule has 0 aromatic heterocycles. The fourth-order valence-electron chi connectivity index (χ4n) is 7.31. The maximum Gasteiger partial charge on any atom is 0.338 e. The van der Waals surface area contributed by atoms with E-state index in [1.807, 2.05) is 6.07 Å². The minimum Gasteiger partial charge on any atom is -0.486 e. The van der Waals surface area contributed by atoms with E-state index in [9.17, 15) is 9.59 Å². The van der Waals surface area contributed by atoms with Gasteiger partial charge in [-0.25, -0.2) is 4.79 Å². The van der Waals surface area contributed by atoms with Crippen molar-refractivity contribution in [3.63, 3.8) is 0 Å². The third-order valence-corrected chi connectivity index (χ3v) is 11.8. The Morgan fingerprint density at radius 3 is 2.72 bits per heavy atom. The number of halogens is 2. The van der Waals surface area contributed by atoms with Gasteiger partial charge in [0.1, 0.15) is 11.4 Å². The Labute approximate surface area is 203 Å². The number of benzene rings is 1. The summed E-state index contributed by atoms with van der Waals surface area (Å²) < 4.78 is 12.2. The van der Waals surface area contributed by atoms with Crippen LogP contribution >= 0.6 is 27.5 Å². The fraction of sp³-hybridized carbons (Fsp3) is 0.680. The maximum absolute atomic E-state index is 12.7. The van der Waals surface area contributed by atoms with E-state index in [1.165, 1.54) is 7.11 Å².